The minimum Gasteiger partial charge on any atom is -0.478 e. The number of hydrogen-bond donors (Lipinski definition) is 1. The number of imidazole rings is 1. The van der Waals surface area contributed by atoms with Crippen molar-refractivity contribution in [3.8, 4) is 17.4 Å². The number of alkyl halides is 3. The fourth-order valence-corrected chi connectivity index (χ4v) is 5.60. The van der Waals surface area contributed by atoms with E-state index in [9.17, 15) is 30.8 Å². The number of aromatic nitrogens is 3. The van der Waals surface area contributed by atoms with Crippen molar-refractivity contribution < 1.29 is 40.2 Å². The summed E-state index contributed by atoms with van der Waals surface area (Å²) >= 11 is 5.81. The third kappa shape index (κ3) is 6.24. The van der Waals surface area contributed by atoms with Crippen LogP contribution in [0.25, 0.3) is 5.65 Å². The van der Waals surface area contributed by atoms with E-state index in [1.165, 1.54) is 17.5 Å². The monoisotopic (exact) mass is 564 g/mol. The first-order valence-corrected chi connectivity index (χ1v) is 13.1. The Morgan fingerprint density at radius 2 is 1.92 bits per heavy atom. The Morgan fingerprint density at radius 1 is 1.24 bits per heavy atom. The number of carbonyl (C=O) groups is 1. The van der Waals surface area contributed by atoms with Crippen LogP contribution in [0.2, 0.25) is 5.02 Å². The van der Waals surface area contributed by atoms with Crippen LogP contribution in [0.1, 0.15) is 35.9 Å². The summed E-state index contributed by atoms with van der Waals surface area (Å²) < 4.78 is 87.8. The van der Waals surface area contributed by atoms with E-state index in [1.54, 1.807) is 6.92 Å². The first-order chi connectivity index (χ1) is 17.1. The molecule has 1 fully saturated rings. The highest BCUT2D eigenvalue weighted by Gasteiger charge is 2.35. The topological polar surface area (TPSA) is 112 Å². The van der Waals surface area contributed by atoms with Crippen molar-refractivity contribution in [2.45, 2.75) is 38.4 Å². The Kier molecular flexibility index (Phi) is 7.01. The highest BCUT2D eigenvalue weighted by molar-refractivity contribution is 7.91. The molecule has 0 bridgehead atoms. The van der Waals surface area contributed by atoms with Crippen molar-refractivity contribution in [2.75, 3.05) is 18.1 Å². The van der Waals surface area contributed by atoms with Gasteiger partial charge in [0, 0.05) is 30.1 Å². The second-order valence-corrected chi connectivity index (χ2v) is 11.6. The third-order valence-corrected chi connectivity index (χ3v) is 7.71. The molecule has 1 amide bonds. The van der Waals surface area contributed by atoms with Gasteiger partial charge in [-0.3, -0.25) is 9.20 Å². The highest BCUT2D eigenvalue weighted by atomic mass is 35.5. The normalized spacial score (nSPS) is 16.9. The van der Waals surface area contributed by atoms with Gasteiger partial charge in [0.2, 0.25) is 0 Å². The number of pyridine rings is 2. The van der Waals surface area contributed by atoms with E-state index in [0.717, 1.165) is 18.3 Å². The van der Waals surface area contributed by atoms with Gasteiger partial charge in [-0.1, -0.05) is 11.6 Å². The van der Waals surface area contributed by atoms with E-state index in [1.807, 2.05) is 0 Å². The van der Waals surface area contributed by atoms with E-state index >= 15 is 0 Å². The lowest BCUT2D eigenvalue weighted by Gasteiger charge is -2.34. The summed E-state index contributed by atoms with van der Waals surface area (Å²) in [6.07, 6.45) is -1.77. The van der Waals surface area contributed by atoms with Crippen LogP contribution >= 0.6 is 11.6 Å². The average molecular weight is 565 g/mol. The summed E-state index contributed by atoms with van der Waals surface area (Å²) in [5.74, 6) is -2.51. The standard InChI is InChI=1S/C22H21ClF4N4O5S/c1-12-16(36-20-17(7-13(23)9-28-20)35-11-22(25,26)27)8-14(24)18-29-15(10-31(12)18)19(32)30-21(2)3-5-37(33,34)6-4-21/h7-10H,3-6,11H2,1-2H3,(H,30,32). The minimum absolute atomic E-state index is 0.00240. The smallest absolute Gasteiger partial charge is 0.422 e. The van der Waals surface area contributed by atoms with Crippen LogP contribution in [0.3, 0.4) is 0 Å². The average Bonchev–Trinajstić information content (AvgIpc) is 3.26. The van der Waals surface area contributed by atoms with E-state index in [0.29, 0.717) is 0 Å². The summed E-state index contributed by atoms with van der Waals surface area (Å²) in [6, 6.07) is 2.03. The fourth-order valence-electron chi connectivity index (χ4n) is 3.72. The van der Waals surface area contributed by atoms with Gasteiger partial charge in [-0.05, 0) is 26.7 Å². The number of nitrogens with zero attached hydrogens (tertiary/aromatic N) is 3. The fraction of sp³-hybridized carbons (Fsp3) is 0.409. The van der Waals surface area contributed by atoms with Gasteiger partial charge in [-0.25, -0.2) is 22.8 Å². The number of fused-ring (bicyclic) bond motifs is 1. The number of carbonyl (C=O) groups excluding carboxylic acids is 1. The van der Waals surface area contributed by atoms with Crippen molar-refractivity contribution in [2.24, 2.45) is 0 Å². The predicted octanol–water partition coefficient (Wildman–Crippen LogP) is 4.26. The Balaban J connectivity index is 1.60. The van der Waals surface area contributed by atoms with Crippen LogP contribution in [0.15, 0.2) is 24.5 Å². The largest absolute Gasteiger partial charge is 0.478 e. The highest BCUT2D eigenvalue weighted by Crippen LogP contribution is 2.35. The van der Waals surface area contributed by atoms with Crippen LogP contribution in [0.5, 0.6) is 17.4 Å². The van der Waals surface area contributed by atoms with Gasteiger partial charge < -0.3 is 14.8 Å². The molecule has 0 saturated carbocycles. The van der Waals surface area contributed by atoms with E-state index < -0.39 is 45.6 Å². The molecular weight excluding hydrogens is 544 g/mol. The molecule has 0 atom stereocenters. The van der Waals surface area contributed by atoms with E-state index in [4.69, 9.17) is 21.1 Å². The molecule has 9 nitrogen and oxygen atoms in total. The molecular formula is C22H21ClF4N4O5S. The number of halogens is 5. The first-order valence-electron chi connectivity index (χ1n) is 10.9. The van der Waals surface area contributed by atoms with Gasteiger partial charge in [-0.2, -0.15) is 13.2 Å². The molecule has 0 radical (unpaired) electrons. The second kappa shape index (κ2) is 9.63. The Morgan fingerprint density at radius 3 is 2.57 bits per heavy atom. The lowest BCUT2D eigenvalue weighted by Crippen LogP contribution is -2.51. The molecule has 0 aromatic carbocycles. The first kappa shape index (κ1) is 26.9. The summed E-state index contributed by atoms with van der Waals surface area (Å²) in [5.41, 5.74) is -0.819. The molecule has 4 heterocycles. The molecule has 3 aromatic rings. The Bertz CT molecular complexity index is 1460. The zero-order valence-electron chi connectivity index (χ0n) is 19.5. The summed E-state index contributed by atoms with van der Waals surface area (Å²) in [7, 11) is -3.14. The number of hydrogen-bond acceptors (Lipinski definition) is 7. The number of ether oxygens (including phenoxy) is 2. The maximum absolute atomic E-state index is 14.9. The third-order valence-electron chi connectivity index (χ3n) is 5.86. The zero-order chi connectivity index (χ0) is 27.2. The summed E-state index contributed by atoms with van der Waals surface area (Å²) in [6.45, 7) is 1.62. The SMILES string of the molecule is Cc1c(Oc2ncc(Cl)cc2OCC(F)(F)F)cc(F)c2nc(C(=O)NC3(C)CCS(=O)(=O)CC3)cn12. The van der Waals surface area contributed by atoms with Crippen LogP contribution in [0.4, 0.5) is 17.6 Å². The van der Waals surface area contributed by atoms with Gasteiger partial charge in [-0.15, -0.1) is 0 Å². The molecule has 0 spiro atoms. The summed E-state index contributed by atoms with van der Waals surface area (Å²) in [5, 5.41) is 2.78. The van der Waals surface area contributed by atoms with Gasteiger partial charge in [0.1, 0.15) is 15.5 Å². The Hall–Kier alpha value is -3.13. The maximum atomic E-state index is 14.9. The summed E-state index contributed by atoms with van der Waals surface area (Å²) in [4.78, 5) is 20.7. The predicted molar refractivity (Wildman–Crippen MR) is 125 cm³/mol. The molecule has 0 aliphatic carbocycles. The zero-order valence-corrected chi connectivity index (χ0v) is 21.1. The molecule has 4 rings (SSSR count). The van der Waals surface area contributed by atoms with Crippen molar-refractivity contribution in [1.82, 2.24) is 19.7 Å². The Labute approximate surface area is 213 Å². The molecule has 15 heteroatoms. The van der Waals surface area contributed by atoms with Crippen LogP contribution in [-0.4, -0.2) is 58.5 Å². The number of amides is 1. The molecule has 1 aliphatic rings. The molecule has 3 aromatic heterocycles. The molecule has 0 unspecified atom stereocenters. The number of nitrogens with one attached hydrogen (secondary N) is 1. The lowest BCUT2D eigenvalue weighted by atomic mass is 9.95. The van der Waals surface area contributed by atoms with E-state index in [2.05, 4.69) is 15.3 Å². The lowest BCUT2D eigenvalue weighted by molar-refractivity contribution is -0.153. The molecule has 200 valence electrons. The van der Waals surface area contributed by atoms with Crippen molar-refractivity contribution in [1.29, 1.82) is 0 Å². The minimum atomic E-state index is -4.63. The number of aryl methyl sites for hydroxylation is 1. The van der Waals surface area contributed by atoms with Gasteiger partial charge in [0.05, 0.1) is 22.2 Å². The van der Waals surface area contributed by atoms with Crippen molar-refractivity contribution in [3.05, 3.63) is 46.8 Å². The molecule has 1 saturated heterocycles. The quantitative estimate of drug-likeness (QED) is 0.445. The van der Waals surface area contributed by atoms with Gasteiger partial charge in [0.25, 0.3) is 11.8 Å². The molecule has 1 aliphatic heterocycles. The number of rotatable bonds is 6. The van der Waals surface area contributed by atoms with Crippen LogP contribution in [-0.2, 0) is 9.84 Å². The van der Waals surface area contributed by atoms with Crippen molar-refractivity contribution >= 4 is 33.0 Å². The maximum Gasteiger partial charge on any atom is 0.422 e. The number of sulfone groups is 1. The molecule has 37 heavy (non-hydrogen) atoms. The van der Waals surface area contributed by atoms with Gasteiger partial charge >= 0.3 is 6.18 Å². The van der Waals surface area contributed by atoms with Crippen LogP contribution in [0, 0.1) is 12.7 Å². The van der Waals surface area contributed by atoms with Crippen LogP contribution < -0.4 is 14.8 Å². The van der Waals surface area contributed by atoms with Crippen molar-refractivity contribution in [3.63, 3.8) is 0 Å². The molecule has 1 N–H and O–H groups in total. The van der Waals surface area contributed by atoms with Gasteiger partial charge in [0.15, 0.2) is 29.6 Å². The second-order valence-electron chi connectivity index (χ2n) is 8.89. The van der Waals surface area contributed by atoms with E-state index in [-0.39, 0.29) is 58.0 Å².